The molecule has 6 aromatic rings. The Bertz CT molecular complexity index is 2050. The van der Waals surface area contributed by atoms with E-state index < -0.39 is 11.8 Å². The van der Waals surface area contributed by atoms with Crippen LogP contribution >= 0.6 is 11.6 Å². The zero-order chi connectivity index (χ0) is 30.4. The Kier molecular flexibility index (Phi) is 7.27. The van der Waals surface area contributed by atoms with E-state index in [4.69, 9.17) is 31.0 Å². The number of hydrogen-bond donors (Lipinski definition) is 1. The van der Waals surface area contributed by atoms with E-state index in [1.54, 1.807) is 36.4 Å². The molecule has 1 aliphatic rings. The van der Waals surface area contributed by atoms with Gasteiger partial charge in [0.2, 0.25) is 5.88 Å². The molecular formula is C34H28ClFN4O4. The third-order valence-electron chi connectivity index (χ3n) is 8.12. The van der Waals surface area contributed by atoms with Crippen molar-refractivity contribution in [2.24, 2.45) is 7.05 Å². The van der Waals surface area contributed by atoms with Crippen LogP contribution in [0.1, 0.15) is 33.7 Å². The van der Waals surface area contributed by atoms with Crippen molar-refractivity contribution in [3.8, 4) is 17.1 Å². The van der Waals surface area contributed by atoms with Gasteiger partial charge < -0.3 is 23.7 Å². The maximum atomic E-state index is 14.3. The first kappa shape index (κ1) is 28.1. The van der Waals surface area contributed by atoms with E-state index in [0.717, 1.165) is 57.6 Å². The molecule has 7 rings (SSSR count). The quantitative estimate of drug-likeness (QED) is 0.189. The summed E-state index contributed by atoms with van der Waals surface area (Å²) in [5, 5.41) is 11.0. The number of aromatic nitrogens is 4. The number of fused-ring (bicyclic) bond motifs is 2. The lowest BCUT2D eigenvalue weighted by molar-refractivity contribution is -0.0589. The summed E-state index contributed by atoms with van der Waals surface area (Å²) in [6.07, 6.45) is 3.61. The lowest BCUT2D eigenvalue weighted by Crippen LogP contribution is -2.31. The summed E-state index contributed by atoms with van der Waals surface area (Å²) in [7, 11) is 2.00. The number of carbonyl (C=O) groups is 1. The molecule has 4 heterocycles. The van der Waals surface area contributed by atoms with E-state index in [1.807, 2.05) is 31.4 Å². The van der Waals surface area contributed by atoms with E-state index >= 15 is 0 Å². The number of aryl methyl sites for hydroxylation is 1. The molecule has 0 amide bonds. The lowest BCUT2D eigenvalue weighted by atomic mass is 10.0. The highest BCUT2D eigenvalue weighted by Crippen LogP contribution is 2.33. The molecule has 0 saturated carbocycles. The number of pyridine rings is 1. The van der Waals surface area contributed by atoms with Gasteiger partial charge in [0.25, 0.3) is 0 Å². The number of benzene rings is 3. The summed E-state index contributed by atoms with van der Waals surface area (Å²) in [5.41, 5.74) is 5.92. The third kappa shape index (κ3) is 5.29. The molecule has 1 fully saturated rings. The number of ether oxygens (including phenoxy) is 2. The summed E-state index contributed by atoms with van der Waals surface area (Å²) in [6, 6.07) is 21.3. The predicted molar refractivity (Wildman–Crippen MR) is 166 cm³/mol. The molecule has 0 bridgehead atoms. The second-order valence-corrected chi connectivity index (χ2v) is 11.4. The first-order valence-corrected chi connectivity index (χ1v) is 14.7. The van der Waals surface area contributed by atoms with E-state index in [2.05, 4.69) is 21.3 Å². The molecule has 1 unspecified atom stereocenters. The molecule has 222 valence electrons. The number of carboxylic acids is 1. The first-order chi connectivity index (χ1) is 21.3. The fourth-order valence-corrected chi connectivity index (χ4v) is 5.88. The number of aromatic carboxylic acids is 1. The second kappa shape index (κ2) is 11.4. The van der Waals surface area contributed by atoms with Crippen LogP contribution in [0.25, 0.3) is 33.2 Å². The highest BCUT2D eigenvalue weighted by Gasteiger charge is 2.23. The van der Waals surface area contributed by atoms with Gasteiger partial charge in [0, 0.05) is 53.9 Å². The molecule has 10 heteroatoms. The van der Waals surface area contributed by atoms with Crippen LogP contribution in [0.3, 0.4) is 0 Å². The minimum absolute atomic E-state index is 0.0266. The van der Waals surface area contributed by atoms with Crippen LogP contribution in [-0.4, -0.2) is 42.9 Å². The average Bonchev–Trinajstić information content (AvgIpc) is 3.54. The first-order valence-electron chi connectivity index (χ1n) is 14.3. The van der Waals surface area contributed by atoms with Gasteiger partial charge in [0.15, 0.2) is 0 Å². The van der Waals surface area contributed by atoms with Crippen LogP contribution in [0, 0.1) is 5.82 Å². The molecule has 0 radical (unpaired) electrons. The number of hydrogen-bond acceptors (Lipinski definition) is 5. The third-order valence-corrected chi connectivity index (χ3v) is 8.35. The molecule has 3 aromatic heterocycles. The number of imidazole rings is 1. The molecule has 1 atom stereocenters. The minimum Gasteiger partial charge on any atom is -0.478 e. The molecular weight excluding hydrogens is 583 g/mol. The van der Waals surface area contributed by atoms with Gasteiger partial charge in [-0.05, 0) is 54.4 Å². The Labute approximate surface area is 257 Å². The minimum atomic E-state index is -0.970. The molecule has 3 aromatic carbocycles. The van der Waals surface area contributed by atoms with E-state index in [9.17, 15) is 14.3 Å². The fourth-order valence-electron chi connectivity index (χ4n) is 5.72. The number of rotatable bonds is 9. The summed E-state index contributed by atoms with van der Waals surface area (Å²) < 4.78 is 30.0. The molecule has 44 heavy (non-hydrogen) atoms. The molecule has 0 spiro atoms. The molecule has 1 N–H and O–H groups in total. The summed E-state index contributed by atoms with van der Waals surface area (Å²) >= 11 is 5.88. The van der Waals surface area contributed by atoms with Crippen molar-refractivity contribution in [3.63, 3.8) is 0 Å². The smallest absolute Gasteiger partial charge is 0.335 e. The topological polar surface area (TPSA) is 91.4 Å². The maximum absolute atomic E-state index is 14.3. The van der Waals surface area contributed by atoms with Crippen molar-refractivity contribution in [1.29, 1.82) is 0 Å². The normalized spacial score (nSPS) is 14.7. The maximum Gasteiger partial charge on any atom is 0.335 e. The van der Waals surface area contributed by atoms with E-state index in [1.165, 1.54) is 6.07 Å². The van der Waals surface area contributed by atoms with Crippen LogP contribution in [0.4, 0.5) is 4.39 Å². The van der Waals surface area contributed by atoms with Gasteiger partial charge in [0.05, 0.1) is 40.5 Å². The van der Waals surface area contributed by atoms with Gasteiger partial charge in [-0.15, -0.1) is 0 Å². The Hall–Kier alpha value is -4.73. The van der Waals surface area contributed by atoms with Crippen molar-refractivity contribution < 1.29 is 23.8 Å². The Morgan fingerprint density at radius 2 is 1.93 bits per heavy atom. The SMILES string of the molecule is Cn1ccc2c(Cc3nc4ccc(C(=O)O)cc4n3CC3CCO3)ccc(-c3cccc(OCc4ccc(Cl)cc4F)n3)c21. The van der Waals surface area contributed by atoms with Crippen LogP contribution in [0.5, 0.6) is 5.88 Å². The van der Waals surface area contributed by atoms with Gasteiger partial charge in [-0.1, -0.05) is 35.9 Å². The molecule has 8 nitrogen and oxygen atoms in total. The lowest BCUT2D eigenvalue weighted by Gasteiger charge is -2.27. The summed E-state index contributed by atoms with van der Waals surface area (Å²) in [6.45, 7) is 1.37. The Morgan fingerprint density at radius 3 is 2.70 bits per heavy atom. The van der Waals surface area contributed by atoms with Crippen molar-refractivity contribution in [1.82, 2.24) is 19.1 Å². The monoisotopic (exact) mass is 610 g/mol. The highest BCUT2D eigenvalue weighted by atomic mass is 35.5. The molecule has 1 aliphatic heterocycles. The highest BCUT2D eigenvalue weighted by molar-refractivity contribution is 6.30. The van der Waals surface area contributed by atoms with Crippen LogP contribution in [-0.2, 0) is 31.4 Å². The molecule has 0 aliphatic carbocycles. The average molecular weight is 611 g/mol. The summed E-state index contributed by atoms with van der Waals surface area (Å²) in [4.78, 5) is 21.4. The zero-order valence-electron chi connectivity index (χ0n) is 23.8. The number of nitrogens with zero attached hydrogens (tertiary/aromatic N) is 4. The van der Waals surface area contributed by atoms with Gasteiger partial charge in [-0.3, -0.25) is 0 Å². The fraction of sp³-hybridized carbons (Fsp3) is 0.206. The standard InChI is InChI=1S/C34H28ClFN4O4/c1-39-13-11-25-20(16-31-37-29-10-7-21(34(41)42)15-30(29)40(31)18-24-12-14-43-24)6-9-26(33(25)39)28-3-2-4-32(38-28)44-19-22-5-8-23(35)17-27(22)36/h2-11,13,15,17,24H,12,14,16,18-19H2,1H3,(H,41,42). The van der Waals surface area contributed by atoms with Gasteiger partial charge >= 0.3 is 5.97 Å². The number of halogens is 2. The Morgan fingerprint density at radius 1 is 1.09 bits per heavy atom. The van der Waals surface area contributed by atoms with Gasteiger partial charge in [-0.2, -0.15) is 0 Å². The number of carboxylic acid groups (broad SMARTS) is 1. The van der Waals surface area contributed by atoms with Crippen molar-refractivity contribution >= 4 is 39.5 Å². The zero-order valence-corrected chi connectivity index (χ0v) is 24.6. The second-order valence-electron chi connectivity index (χ2n) is 11.0. The van der Waals surface area contributed by atoms with Crippen molar-refractivity contribution in [2.75, 3.05) is 6.61 Å². The van der Waals surface area contributed by atoms with E-state index in [-0.39, 0.29) is 18.3 Å². The van der Waals surface area contributed by atoms with Gasteiger partial charge in [-0.25, -0.2) is 19.2 Å². The van der Waals surface area contributed by atoms with Crippen LogP contribution in [0.2, 0.25) is 5.02 Å². The van der Waals surface area contributed by atoms with Crippen LogP contribution < -0.4 is 4.74 Å². The van der Waals surface area contributed by atoms with Crippen LogP contribution in [0.15, 0.2) is 79.0 Å². The predicted octanol–water partition coefficient (Wildman–Crippen LogP) is 7.04. The summed E-state index contributed by atoms with van der Waals surface area (Å²) in [5.74, 6) is -0.163. The van der Waals surface area contributed by atoms with Gasteiger partial charge in [0.1, 0.15) is 18.2 Å². The largest absolute Gasteiger partial charge is 0.478 e. The Balaban J connectivity index is 1.22. The molecule has 1 saturated heterocycles. The van der Waals surface area contributed by atoms with Crippen molar-refractivity contribution in [2.45, 2.75) is 32.1 Å². The van der Waals surface area contributed by atoms with Crippen molar-refractivity contribution in [3.05, 3.63) is 112 Å². The van der Waals surface area contributed by atoms with E-state index in [0.29, 0.717) is 29.4 Å².